The first-order valence-electron chi connectivity index (χ1n) is 9.79. The van der Waals surface area contributed by atoms with Gasteiger partial charge in [0.15, 0.2) is 5.96 Å². The number of nitrogens with zero attached hydrogens (tertiary/aromatic N) is 3. The number of hydrogen-bond donors (Lipinski definition) is 2. The first-order valence-corrected chi connectivity index (χ1v) is 9.79. The number of rotatable bonds is 8. The number of halogens is 2. The molecule has 1 aliphatic carbocycles. The number of aliphatic imine (C=N–C) groups is 1. The molecule has 6 nitrogen and oxygen atoms in total. The normalized spacial score (nSPS) is 15.4. The van der Waals surface area contributed by atoms with Crippen molar-refractivity contribution < 1.29 is 9.13 Å². The number of imidazole rings is 1. The second-order valence-electron chi connectivity index (χ2n) is 7.51. The first-order chi connectivity index (χ1) is 13.6. The van der Waals surface area contributed by atoms with Crippen LogP contribution < -0.4 is 10.6 Å². The van der Waals surface area contributed by atoms with Crippen molar-refractivity contribution >= 4 is 29.9 Å². The summed E-state index contributed by atoms with van der Waals surface area (Å²) in [5, 5.41) is 6.70. The van der Waals surface area contributed by atoms with E-state index in [1.54, 1.807) is 43.3 Å². The molecule has 0 saturated heterocycles. The van der Waals surface area contributed by atoms with Gasteiger partial charge in [0, 0.05) is 46.2 Å². The van der Waals surface area contributed by atoms with E-state index in [4.69, 9.17) is 4.74 Å². The lowest BCUT2D eigenvalue weighted by atomic mass is 9.67. The third kappa shape index (κ3) is 5.91. The number of hydrogen-bond acceptors (Lipinski definition) is 3. The van der Waals surface area contributed by atoms with Crippen molar-refractivity contribution in [3.63, 3.8) is 0 Å². The maximum absolute atomic E-state index is 14.5. The molecule has 1 aliphatic rings. The van der Waals surface area contributed by atoms with Gasteiger partial charge in [-0.25, -0.2) is 9.37 Å². The first kappa shape index (κ1) is 23.6. The lowest BCUT2D eigenvalue weighted by Gasteiger charge is -2.42. The topological polar surface area (TPSA) is 63.5 Å². The van der Waals surface area contributed by atoms with E-state index in [2.05, 4.69) is 20.6 Å². The third-order valence-electron chi connectivity index (χ3n) is 5.66. The van der Waals surface area contributed by atoms with Crippen LogP contribution in [0.25, 0.3) is 5.69 Å². The number of ether oxygens (including phenoxy) is 1. The van der Waals surface area contributed by atoms with Crippen LogP contribution in [0.5, 0.6) is 0 Å². The van der Waals surface area contributed by atoms with E-state index in [9.17, 15) is 4.39 Å². The Kier molecular flexibility index (Phi) is 8.88. The molecule has 160 valence electrons. The van der Waals surface area contributed by atoms with Crippen LogP contribution in [0.15, 0.2) is 35.6 Å². The van der Waals surface area contributed by atoms with Crippen molar-refractivity contribution in [3.05, 3.63) is 47.8 Å². The molecule has 0 unspecified atom stereocenters. The number of methoxy groups -OCH3 is 1. The van der Waals surface area contributed by atoms with E-state index in [0.29, 0.717) is 17.6 Å². The van der Waals surface area contributed by atoms with Crippen LogP contribution in [0.3, 0.4) is 0 Å². The predicted molar refractivity (Wildman–Crippen MR) is 125 cm³/mol. The highest BCUT2D eigenvalue weighted by Crippen LogP contribution is 2.43. The molecule has 1 heterocycles. The van der Waals surface area contributed by atoms with Crippen LogP contribution in [0.4, 0.5) is 4.39 Å². The molecule has 1 fully saturated rings. The molecular weight excluding hydrogens is 484 g/mol. The molecule has 1 aromatic carbocycles. The summed E-state index contributed by atoms with van der Waals surface area (Å²) in [5.74, 6) is 1.22. The molecule has 1 saturated carbocycles. The molecule has 0 aliphatic heterocycles. The summed E-state index contributed by atoms with van der Waals surface area (Å²) >= 11 is 0. The van der Waals surface area contributed by atoms with E-state index < -0.39 is 0 Å². The molecule has 2 N–H and O–H groups in total. The van der Waals surface area contributed by atoms with Gasteiger partial charge in [-0.15, -0.1) is 24.0 Å². The van der Waals surface area contributed by atoms with Crippen LogP contribution in [0.1, 0.15) is 37.1 Å². The fraction of sp³-hybridized carbons (Fsp3) is 0.524. The van der Waals surface area contributed by atoms with Crippen LogP contribution in [-0.4, -0.2) is 42.8 Å². The number of aromatic nitrogens is 2. The Morgan fingerprint density at radius 3 is 2.69 bits per heavy atom. The molecule has 0 radical (unpaired) electrons. The van der Waals surface area contributed by atoms with E-state index in [1.807, 2.05) is 13.0 Å². The van der Waals surface area contributed by atoms with E-state index in [-0.39, 0.29) is 29.8 Å². The standard InChI is InChI=1S/C21H30FN5O.HI/c1-16-24-10-11-27(16)19-6-5-17(13-18(19)22)14-25-20(23-2)26-15-21(7-4-8-21)9-12-28-3;/h5-6,10-11,13H,4,7-9,12,14-15H2,1-3H3,(H2,23,25,26);1H. The van der Waals surface area contributed by atoms with Crippen molar-refractivity contribution in [2.45, 2.75) is 39.2 Å². The number of guanidine groups is 1. The Morgan fingerprint density at radius 2 is 2.14 bits per heavy atom. The molecule has 0 amide bonds. The SMILES string of the molecule is CN=C(NCc1ccc(-n2ccnc2C)c(F)c1)NCC1(CCOC)CCC1.I. The molecule has 0 bridgehead atoms. The van der Waals surface area contributed by atoms with Crippen molar-refractivity contribution in [3.8, 4) is 5.69 Å². The quantitative estimate of drug-likeness (QED) is 0.319. The van der Waals surface area contributed by atoms with Crippen LogP contribution in [0, 0.1) is 18.2 Å². The Balaban J connectivity index is 0.00000300. The summed E-state index contributed by atoms with van der Waals surface area (Å²) in [7, 11) is 3.50. The number of benzene rings is 1. The fourth-order valence-corrected chi connectivity index (χ4v) is 3.68. The van der Waals surface area contributed by atoms with Crippen LogP contribution in [-0.2, 0) is 11.3 Å². The van der Waals surface area contributed by atoms with Gasteiger partial charge in [-0.2, -0.15) is 0 Å². The summed E-state index contributed by atoms with van der Waals surface area (Å²) in [4.78, 5) is 8.44. The van der Waals surface area contributed by atoms with Gasteiger partial charge in [0.2, 0.25) is 0 Å². The van der Waals surface area contributed by atoms with Gasteiger partial charge in [0.25, 0.3) is 0 Å². The zero-order valence-electron chi connectivity index (χ0n) is 17.4. The lowest BCUT2D eigenvalue weighted by molar-refractivity contribution is 0.0732. The Bertz CT molecular complexity index is 819. The summed E-state index contributed by atoms with van der Waals surface area (Å²) < 4.78 is 21.5. The highest BCUT2D eigenvalue weighted by Gasteiger charge is 2.36. The van der Waals surface area contributed by atoms with Gasteiger partial charge in [-0.1, -0.05) is 12.5 Å². The lowest BCUT2D eigenvalue weighted by Crippen LogP contribution is -2.46. The van der Waals surface area contributed by atoms with E-state index >= 15 is 0 Å². The van der Waals surface area contributed by atoms with E-state index in [1.165, 1.54) is 19.3 Å². The molecular formula is C21H31FIN5O. The average Bonchev–Trinajstić information content (AvgIpc) is 3.08. The van der Waals surface area contributed by atoms with Crippen LogP contribution >= 0.6 is 24.0 Å². The second-order valence-corrected chi connectivity index (χ2v) is 7.51. The fourth-order valence-electron chi connectivity index (χ4n) is 3.68. The van der Waals surface area contributed by atoms with Crippen molar-refractivity contribution in [1.29, 1.82) is 0 Å². The van der Waals surface area contributed by atoms with Gasteiger partial charge in [0.05, 0.1) is 5.69 Å². The van der Waals surface area contributed by atoms with Crippen molar-refractivity contribution in [1.82, 2.24) is 20.2 Å². The summed E-state index contributed by atoms with van der Waals surface area (Å²) in [6.07, 6.45) is 8.22. The van der Waals surface area contributed by atoms with Gasteiger partial charge in [0.1, 0.15) is 11.6 Å². The Morgan fingerprint density at radius 1 is 1.34 bits per heavy atom. The summed E-state index contributed by atoms with van der Waals surface area (Å²) in [6, 6.07) is 5.26. The largest absolute Gasteiger partial charge is 0.385 e. The van der Waals surface area contributed by atoms with Gasteiger partial charge in [-0.05, 0) is 49.3 Å². The Hall–Kier alpha value is -1.68. The monoisotopic (exact) mass is 515 g/mol. The molecule has 1 aromatic heterocycles. The Labute approximate surface area is 189 Å². The summed E-state index contributed by atoms with van der Waals surface area (Å²) in [6.45, 7) is 4.02. The minimum absolute atomic E-state index is 0. The number of nitrogens with one attached hydrogen (secondary N) is 2. The number of aryl methyl sites for hydroxylation is 1. The van der Waals surface area contributed by atoms with Crippen LogP contribution in [0.2, 0.25) is 0 Å². The molecule has 0 spiro atoms. The minimum atomic E-state index is -0.267. The van der Waals surface area contributed by atoms with Gasteiger partial charge in [-0.3, -0.25) is 4.99 Å². The third-order valence-corrected chi connectivity index (χ3v) is 5.66. The molecule has 2 aromatic rings. The average molecular weight is 515 g/mol. The van der Waals surface area contributed by atoms with Gasteiger partial charge >= 0.3 is 0 Å². The molecule has 3 rings (SSSR count). The van der Waals surface area contributed by atoms with Crippen molar-refractivity contribution in [2.24, 2.45) is 10.4 Å². The zero-order chi connectivity index (χ0) is 20.0. The molecule has 0 atom stereocenters. The molecule has 29 heavy (non-hydrogen) atoms. The minimum Gasteiger partial charge on any atom is -0.385 e. The highest BCUT2D eigenvalue weighted by atomic mass is 127. The second kappa shape index (κ2) is 10.9. The summed E-state index contributed by atoms with van der Waals surface area (Å²) in [5.41, 5.74) is 1.68. The van der Waals surface area contributed by atoms with Crippen molar-refractivity contribution in [2.75, 3.05) is 27.3 Å². The molecule has 8 heteroatoms. The highest BCUT2D eigenvalue weighted by molar-refractivity contribution is 14.0. The zero-order valence-corrected chi connectivity index (χ0v) is 19.7. The maximum Gasteiger partial charge on any atom is 0.191 e. The smallest absolute Gasteiger partial charge is 0.191 e. The van der Waals surface area contributed by atoms with Gasteiger partial charge < -0.3 is 19.9 Å². The van der Waals surface area contributed by atoms with E-state index in [0.717, 1.165) is 36.9 Å². The predicted octanol–water partition coefficient (Wildman–Crippen LogP) is 3.81. The maximum atomic E-state index is 14.5.